The van der Waals surface area contributed by atoms with E-state index in [0.29, 0.717) is 23.6 Å². The van der Waals surface area contributed by atoms with Crippen LogP contribution >= 0.6 is 11.6 Å². The van der Waals surface area contributed by atoms with Gasteiger partial charge >= 0.3 is 0 Å². The van der Waals surface area contributed by atoms with Crippen molar-refractivity contribution in [1.82, 2.24) is 5.32 Å². The van der Waals surface area contributed by atoms with Crippen LogP contribution < -0.4 is 14.8 Å². The Morgan fingerprint density at radius 2 is 2.04 bits per heavy atom. The van der Waals surface area contributed by atoms with Crippen molar-refractivity contribution >= 4 is 17.5 Å². The van der Waals surface area contributed by atoms with E-state index in [9.17, 15) is 4.79 Å². The van der Waals surface area contributed by atoms with Crippen molar-refractivity contribution in [3.63, 3.8) is 0 Å². The van der Waals surface area contributed by atoms with Crippen molar-refractivity contribution in [2.75, 3.05) is 0 Å². The summed E-state index contributed by atoms with van der Waals surface area (Å²) in [5.74, 6) is 1.35. The van der Waals surface area contributed by atoms with E-state index < -0.39 is 6.10 Å². The first-order chi connectivity index (χ1) is 13.2. The first kappa shape index (κ1) is 20.5. The third-order valence-electron chi connectivity index (χ3n) is 5.01. The quantitative estimate of drug-likeness (QED) is 0.716. The highest BCUT2D eigenvalue weighted by molar-refractivity contribution is 6.31. The first-order valence-electron chi connectivity index (χ1n) is 9.71. The van der Waals surface area contributed by atoms with Gasteiger partial charge in [0.2, 0.25) is 0 Å². The molecule has 4 nitrogen and oxygen atoms in total. The second kappa shape index (κ2) is 8.04. The number of carbonyl (C=O) groups is 1. The average Bonchev–Trinajstić information content (AvgIpc) is 2.62. The van der Waals surface area contributed by atoms with Crippen molar-refractivity contribution < 1.29 is 14.3 Å². The van der Waals surface area contributed by atoms with Crippen LogP contribution in [-0.2, 0) is 4.79 Å². The number of halogens is 1. The summed E-state index contributed by atoms with van der Waals surface area (Å²) < 4.78 is 12.1. The van der Waals surface area contributed by atoms with Crippen molar-refractivity contribution in [2.45, 2.75) is 65.2 Å². The minimum absolute atomic E-state index is 0.115. The number of hydrogen-bond acceptors (Lipinski definition) is 3. The normalized spacial score (nSPS) is 18.6. The van der Waals surface area contributed by atoms with Crippen molar-refractivity contribution in [3.8, 4) is 11.5 Å². The van der Waals surface area contributed by atoms with Crippen LogP contribution in [0.1, 0.15) is 56.3 Å². The fraction of sp³-hybridized carbons (Fsp3) is 0.435. The van der Waals surface area contributed by atoms with Crippen LogP contribution in [0.25, 0.3) is 0 Å². The van der Waals surface area contributed by atoms with Crippen LogP contribution in [0.15, 0.2) is 36.4 Å². The van der Waals surface area contributed by atoms with Gasteiger partial charge in [0.1, 0.15) is 17.1 Å². The molecule has 0 radical (unpaired) electrons. The Balaban J connectivity index is 1.78. The maximum Gasteiger partial charge on any atom is 0.261 e. The summed E-state index contributed by atoms with van der Waals surface area (Å²) in [6.45, 7) is 9.98. The van der Waals surface area contributed by atoms with Gasteiger partial charge in [-0.15, -0.1) is 0 Å². The molecule has 3 rings (SSSR count). The third-order valence-corrected chi connectivity index (χ3v) is 5.43. The molecule has 2 aromatic rings. The fourth-order valence-corrected chi connectivity index (χ4v) is 3.66. The largest absolute Gasteiger partial charge is 0.487 e. The molecule has 0 unspecified atom stereocenters. The van der Waals surface area contributed by atoms with Crippen LogP contribution in [-0.4, -0.2) is 17.6 Å². The molecule has 0 spiro atoms. The lowest BCUT2D eigenvalue weighted by molar-refractivity contribution is -0.129. The Morgan fingerprint density at radius 3 is 2.71 bits per heavy atom. The number of hydrogen-bond donors (Lipinski definition) is 1. The number of benzene rings is 2. The number of rotatable bonds is 5. The molecule has 0 fully saturated rings. The number of nitrogens with one attached hydrogen (secondary N) is 1. The molecule has 0 bridgehead atoms. The Kier molecular flexibility index (Phi) is 5.90. The summed E-state index contributed by atoms with van der Waals surface area (Å²) in [6, 6.07) is 11.4. The number of carbonyl (C=O) groups excluding carboxylic acids is 1. The maximum atomic E-state index is 13.0. The second-order valence-corrected chi connectivity index (χ2v) is 8.50. The van der Waals surface area contributed by atoms with E-state index in [2.05, 4.69) is 11.4 Å². The molecule has 0 saturated heterocycles. The molecule has 1 heterocycles. The zero-order valence-electron chi connectivity index (χ0n) is 17.1. The summed E-state index contributed by atoms with van der Waals surface area (Å²) in [6.07, 6.45) is 0.701. The maximum absolute atomic E-state index is 13.0. The molecule has 2 atom stereocenters. The first-order valence-corrected chi connectivity index (χ1v) is 10.1. The van der Waals surface area contributed by atoms with E-state index in [0.717, 1.165) is 22.4 Å². The molecular formula is C23H28ClNO3. The van der Waals surface area contributed by atoms with Gasteiger partial charge in [0.25, 0.3) is 5.91 Å². The van der Waals surface area contributed by atoms with Crippen LogP contribution in [0.4, 0.5) is 0 Å². The highest BCUT2D eigenvalue weighted by Crippen LogP contribution is 2.40. The zero-order chi connectivity index (χ0) is 20.5. The van der Waals surface area contributed by atoms with E-state index >= 15 is 0 Å². The molecule has 28 heavy (non-hydrogen) atoms. The molecule has 1 amide bonds. The summed E-state index contributed by atoms with van der Waals surface area (Å²) in [5, 5.41) is 3.87. The molecule has 150 valence electrons. The molecule has 0 saturated carbocycles. The topological polar surface area (TPSA) is 47.6 Å². The highest BCUT2D eigenvalue weighted by atomic mass is 35.5. The molecule has 1 N–H and O–H groups in total. The molecule has 1 aliphatic heterocycles. The van der Waals surface area contributed by atoms with E-state index in [-0.39, 0.29) is 17.6 Å². The zero-order valence-corrected chi connectivity index (χ0v) is 17.9. The monoisotopic (exact) mass is 401 g/mol. The van der Waals surface area contributed by atoms with Gasteiger partial charge in [-0.05, 0) is 63.9 Å². The summed E-state index contributed by atoms with van der Waals surface area (Å²) in [4.78, 5) is 13.0. The van der Waals surface area contributed by atoms with Gasteiger partial charge in [0.05, 0.1) is 6.04 Å². The van der Waals surface area contributed by atoms with Crippen LogP contribution in [0.5, 0.6) is 11.5 Å². The van der Waals surface area contributed by atoms with Gasteiger partial charge < -0.3 is 14.8 Å². The van der Waals surface area contributed by atoms with Gasteiger partial charge in [-0.2, -0.15) is 0 Å². The molecule has 2 aromatic carbocycles. The van der Waals surface area contributed by atoms with E-state index in [1.54, 1.807) is 12.1 Å². The molecule has 1 aliphatic rings. The van der Waals surface area contributed by atoms with E-state index in [4.69, 9.17) is 21.1 Å². The van der Waals surface area contributed by atoms with E-state index in [1.165, 1.54) is 0 Å². The smallest absolute Gasteiger partial charge is 0.261 e. The van der Waals surface area contributed by atoms with Gasteiger partial charge in [-0.25, -0.2) is 0 Å². The van der Waals surface area contributed by atoms with Crippen molar-refractivity contribution in [3.05, 3.63) is 58.1 Å². The molecular weight excluding hydrogens is 374 g/mol. The third kappa shape index (κ3) is 4.61. The summed E-state index contributed by atoms with van der Waals surface area (Å²) in [7, 11) is 0. The van der Waals surface area contributed by atoms with Gasteiger partial charge in [0.15, 0.2) is 6.10 Å². The van der Waals surface area contributed by atoms with Crippen molar-refractivity contribution in [1.29, 1.82) is 0 Å². The number of aryl methyl sites for hydroxylation is 2. The lowest BCUT2D eigenvalue weighted by atomic mass is 9.88. The summed E-state index contributed by atoms with van der Waals surface area (Å²) in [5.41, 5.74) is 2.73. The molecule has 0 aliphatic carbocycles. The molecule has 0 aromatic heterocycles. The fourth-order valence-electron chi connectivity index (χ4n) is 3.54. The lowest BCUT2D eigenvalue weighted by Gasteiger charge is -2.38. The minimum atomic E-state index is -0.570. The van der Waals surface area contributed by atoms with Gasteiger partial charge in [-0.1, -0.05) is 36.2 Å². The second-order valence-electron chi connectivity index (χ2n) is 8.09. The SMILES string of the molecule is CC[C@H](Oc1ccc(Cl)c(C)c1)C(=O)N[C@@H]1CC(C)(C)Oc2ccc(C)cc21. The Bertz CT molecular complexity index is 878. The van der Waals surface area contributed by atoms with Crippen molar-refractivity contribution in [2.24, 2.45) is 0 Å². The average molecular weight is 402 g/mol. The lowest BCUT2D eigenvalue weighted by Crippen LogP contribution is -2.45. The predicted molar refractivity (Wildman–Crippen MR) is 112 cm³/mol. The number of amides is 1. The Labute approximate surface area is 172 Å². The Morgan fingerprint density at radius 1 is 1.29 bits per heavy atom. The Hall–Kier alpha value is -2.20. The van der Waals surface area contributed by atoms with Crippen LogP contribution in [0.3, 0.4) is 0 Å². The van der Waals surface area contributed by atoms with Gasteiger partial charge in [-0.3, -0.25) is 4.79 Å². The molecule has 5 heteroatoms. The predicted octanol–water partition coefficient (Wildman–Crippen LogP) is 5.53. The van der Waals surface area contributed by atoms with Crippen LogP contribution in [0.2, 0.25) is 5.02 Å². The standard InChI is InChI=1S/C23H28ClNO3/c1-6-20(27-16-8-9-18(24)15(3)12-16)22(26)25-19-13-23(4,5)28-21-10-7-14(2)11-17(19)21/h7-12,19-20H,6,13H2,1-5H3,(H,25,26)/t19-,20+/m1/s1. The van der Waals surface area contributed by atoms with E-state index in [1.807, 2.05) is 52.8 Å². The number of fused-ring (bicyclic) bond motifs is 1. The minimum Gasteiger partial charge on any atom is -0.487 e. The highest BCUT2D eigenvalue weighted by Gasteiger charge is 2.35. The number of ether oxygens (including phenoxy) is 2. The van der Waals surface area contributed by atoms with Gasteiger partial charge in [0, 0.05) is 17.0 Å². The summed E-state index contributed by atoms with van der Waals surface area (Å²) >= 11 is 6.08. The van der Waals surface area contributed by atoms with Crippen LogP contribution in [0, 0.1) is 13.8 Å².